The summed E-state index contributed by atoms with van der Waals surface area (Å²) in [7, 11) is 0. The third-order valence-electron chi connectivity index (χ3n) is 5.68. The van der Waals surface area contributed by atoms with Crippen LogP contribution in [0.4, 0.5) is 4.79 Å². The van der Waals surface area contributed by atoms with E-state index in [4.69, 9.17) is 21.2 Å². The number of primary amides is 1. The fourth-order valence-corrected chi connectivity index (χ4v) is 3.94. The molecule has 0 radical (unpaired) electrons. The molecule has 1 aliphatic rings. The molecule has 1 fully saturated rings. The summed E-state index contributed by atoms with van der Waals surface area (Å²) in [6.07, 6.45) is 2.29. The summed E-state index contributed by atoms with van der Waals surface area (Å²) in [4.78, 5) is 16.0. The molecule has 4 aromatic rings. The standard InChI is InChI=1S/C23H21N5O2/c24-22(29)30-19-12-11-18-26-20(21(28(18)27-19)16-5-2-1-3-6-16)15-7-9-17(10-8-15)23(25)13-4-14-23/h1-3,5-12H,4,13-14,25H2,(H2,24,29). The molecule has 7 nitrogen and oxygen atoms in total. The molecule has 4 N–H and O–H groups in total. The van der Waals surface area contributed by atoms with Crippen molar-refractivity contribution in [1.29, 1.82) is 0 Å². The van der Waals surface area contributed by atoms with Gasteiger partial charge in [-0.15, -0.1) is 5.10 Å². The highest BCUT2D eigenvalue weighted by Crippen LogP contribution is 2.40. The van der Waals surface area contributed by atoms with Crippen molar-refractivity contribution in [2.24, 2.45) is 11.5 Å². The Morgan fingerprint density at radius 2 is 1.70 bits per heavy atom. The third-order valence-corrected chi connectivity index (χ3v) is 5.68. The van der Waals surface area contributed by atoms with Gasteiger partial charge in [0.15, 0.2) is 5.65 Å². The first-order chi connectivity index (χ1) is 14.5. The molecule has 5 rings (SSSR count). The maximum absolute atomic E-state index is 11.2. The van der Waals surface area contributed by atoms with Crippen LogP contribution in [0.3, 0.4) is 0 Å². The number of hydrogen-bond donors (Lipinski definition) is 2. The largest absolute Gasteiger partial charge is 0.411 e. The molecule has 30 heavy (non-hydrogen) atoms. The second-order valence-corrected chi connectivity index (χ2v) is 7.62. The second kappa shape index (κ2) is 6.96. The number of rotatable bonds is 4. The number of ether oxygens (including phenoxy) is 1. The van der Waals surface area contributed by atoms with Crippen molar-refractivity contribution in [3.63, 3.8) is 0 Å². The van der Waals surface area contributed by atoms with Gasteiger partial charge in [-0.2, -0.15) is 0 Å². The van der Waals surface area contributed by atoms with E-state index in [1.807, 2.05) is 30.3 Å². The van der Waals surface area contributed by atoms with Gasteiger partial charge in [0.2, 0.25) is 5.88 Å². The van der Waals surface area contributed by atoms with E-state index in [1.165, 1.54) is 6.42 Å². The van der Waals surface area contributed by atoms with E-state index in [0.717, 1.165) is 40.9 Å². The van der Waals surface area contributed by atoms with Gasteiger partial charge in [0.05, 0.1) is 5.69 Å². The minimum absolute atomic E-state index is 0.113. The van der Waals surface area contributed by atoms with Gasteiger partial charge in [-0.1, -0.05) is 54.6 Å². The molecule has 0 spiro atoms. The molecular weight excluding hydrogens is 378 g/mol. The Balaban J connectivity index is 1.66. The first kappa shape index (κ1) is 18.3. The van der Waals surface area contributed by atoms with E-state index >= 15 is 0 Å². The molecule has 1 amide bonds. The zero-order valence-electron chi connectivity index (χ0n) is 16.3. The summed E-state index contributed by atoms with van der Waals surface area (Å²) in [6.45, 7) is 0. The van der Waals surface area contributed by atoms with E-state index < -0.39 is 6.09 Å². The van der Waals surface area contributed by atoms with Crippen LogP contribution in [0.5, 0.6) is 5.88 Å². The minimum atomic E-state index is -0.911. The zero-order valence-corrected chi connectivity index (χ0v) is 16.3. The summed E-state index contributed by atoms with van der Waals surface area (Å²) in [6, 6.07) is 21.5. The molecule has 0 unspecified atom stereocenters. The highest BCUT2D eigenvalue weighted by molar-refractivity contribution is 5.81. The number of benzene rings is 2. The molecule has 2 aromatic heterocycles. The Morgan fingerprint density at radius 3 is 2.33 bits per heavy atom. The van der Waals surface area contributed by atoms with Crippen LogP contribution in [0.15, 0.2) is 66.7 Å². The highest BCUT2D eigenvalue weighted by Gasteiger charge is 2.34. The first-order valence-electron chi connectivity index (χ1n) is 9.86. The third kappa shape index (κ3) is 3.09. The molecule has 1 aliphatic carbocycles. The fourth-order valence-electron chi connectivity index (χ4n) is 3.94. The van der Waals surface area contributed by atoms with E-state index in [-0.39, 0.29) is 11.4 Å². The molecule has 7 heteroatoms. The Morgan fingerprint density at radius 1 is 0.967 bits per heavy atom. The van der Waals surface area contributed by atoms with Crippen LogP contribution in [0.1, 0.15) is 24.8 Å². The molecule has 150 valence electrons. The summed E-state index contributed by atoms with van der Waals surface area (Å²) >= 11 is 0. The number of aromatic nitrogens is 3. The number of nitrogens with zero attached hydrogens (tertiary/aromatic N) is 3. The van der Waals surface area contributed by atoms with Crippen LogP contribution in [0.25, 0.3) is 28.2 Å². The quantitative estimate of drug-likeness (QED) is 0.542. The van der Waals surface area contributed by atoms with Crippen molar-refractivity contribution in [3.05, 3.63) is 72.3 Å². The van der Waals surface area contributed by atoms with Crippen LogP contribution in [0, 0.1) is 0 Å². The molecule has 0 bridgehead atoms. The molecule has 0 atom stereocenters. The lowest BCUT2D eigenvalue weighted by Crippen LogP contribution is -2.43. The van der Waals surface area contributed by atoms with E-state index in [9.17, 15) is 4.79 Å². The van der Waals surface area contributed by atoms with Gasteiger partial charge in [0.1, 0.15) is 5.69 Å². The number of fused-ring (bicyclic) bond motifs is 1. The predicted molar refractivity (Wildman–Crippen MR) is 114 cm³/mol. The van der Waals surface area contributed by atoms with E-state index in [2.05, 4.69) is 29.4 Å². The number of carbonyl (C=O) groups is 1. The number of carbonyl (C=O) groups excluding carboxylic acids is 1. The SMILES string of the molecule is NC(=O)Oc1ccc2nc(-c3ccc(C4(N)CCC4)cc3)c(-c3ccccc3)n2n1. The lowest BCUT2D eigenvalue weighted by Gasteiger charge is -2.38. The maximum atomic E-state index is 11.2. The average molecular weight is 399 g/mol. The Hall–Kier alpha value is -3.71. The van der Waals surface area contributed by atoms with Crippen molar-refractivity contribution in [2.45, 2.75) is 24.8 Å². The van der Waals surface area contributed by atoms with Gasteiger partial charge < -0.3 is 16.2 Å². The van der Waals surface area contributed by atoms with Crippen molar-refractivity contribution in [3.8, 4) is 28.4 Å². The minimum Gasteiger partial charge on any atom is -0.390 e. The predicted octanol–water partition coefficient (Wildman–Crippen LogP) is 3.86. The van der Waals surface area contributed by atoms with Crippen molar-refractivity contribution in [1.82, 2.24) is 14.6 Å². The first-order valence-corrected chi connectivity index (χ1v) is 9.86. The second-order valence-electron chi connectivity index (χ2n) is 7.62. The average Bonchev–Trinajstić information content (AvgIpc) is 3.11. The van der Waals surface area contributed by atoms with Gasteiger partial charge >= 0.3 is 6.09 Å². The molecule has 0 aliphatic heterocycles. The maximum Gasteiger partial charge on any atom is 0.411 e. The smallest absolute Gasteiger partial charge is 0.390 e. The molecular formula is C23H21N5O2. The molecule has 2 heterocycles. The Kier molecular flexibility index (Phi) is 4.25. The molecule has 2 aromatic carbocycles. The van der Waals surface area contributed by atoms with Crippen LogP contribution in [-0.4, -0.2) is 20.7 Å². The monoisotopic (exact) mass is 399 g/mol. The molecule has 0 saturated heterocycles. The highest BCUT2D eigenvalue weighted by atomic mass is 16.6. The lowest BCUT2D eigenvalue weighted by molar-refractivity contribution is 0.208. The Bertz CT molecular complexity index is 1230. The van der Waals surface area contributed by atoms with E-state index in [1.54, 1.807) is 16.6 Å². The fraction of sp³-hybridized carbons (Fsp3) is 0.174. The zero-order chi connectivity index (χ0) is 20.7. The Labute approximate surface area is 173 Å². The van der Waals surface area contributed by atoms with Gasteiger partial charge in [0.25, 0.3) is 0 Å². The molecule has 1 saturated carbocycles. The van der Waals surface area contributed by atoms with Crippen LogP contribution in [-0.2, 0) is 5.54 Å². The van der Waals surface area contributed by atoms with Gasteiger partial charge in [-0.25, -0.2) is 14.3 Å². The number of hydrogen-bond acceptors (Lipinski definition) is 5. The summed E-state index contributed by atoms with van der Waals surface area (Å²) < 4.78 is 6.64. The van der Waals surface area contributed by atoms with E-state index in [0.29, 0.717) is 5.65 Å². The van der Waals surface area contributed by atoms with Gasteiger partial charge in [-0.3, -0.25) is 0 Å². The number of nitrogens with two attached hydrogens (primary N) is 2. The van der Waals surface area contributed by atoms with Crippen LogP contribution >= 0.6 is 0 Å². The summed E-state index contributed by atoms with van der Waals surface area (Å²) in [5.41, 5.74) is 16.7. The summed E-state index contributed by atoms with van der Waals surface area (Å²) in [5.74, 6) is 0.113. The van der Waals surface area contributed by atoms with Crippen molar-refractivity contribution < 1.29 is 9.53 Å². The summed E-state index contributed by atoms with van der Waals surface area (Å²) in [5, 5.41) is 4.43. The number of imidazole rings is 1. The van der Waals surface area contributed by atoms with Crippen molar-refractivity contribution >= 4 is 11.7 Å². The normalized spacial score (nSPS) is 15.0. The lowest BCUT2D eigenvalue weighted by atomic mass is 9.72. The number of amides is 1. The van der Waals surface area contributed by atoms with Gasteiger partial charge in [-0.05, 0) is 30.9 Å². The van der Waals surface area contributed by atoms with Gasteiger partial charge in [0, 0.05) is 22.7 Å². The topological polar surface area (TPSA) is 109 Å². The van der Waals surface area contributed by atoms with Crippen molar-refractivity contribution in [2.75, 3.05) is 0 Å². The van der Waals surface area contributed by atoms with Crippen LogP contribution < -0.4 is 16.2 Å². The van der Waals surface area contributed by atoms with Crippen LogP contribution in [0.2, 0.25) is 0 Å².